The molecule has 1 unspecified atom stereocenters. The minimum atomic E-state index is -0.598. The molecule has 2 atom stereocenters. The maximum atomic E-state index is 12.5. The Balaban J connectivity index is 2.06. The molecule has 1 aromatic rings. The van der Waals surface area contributed by atoms with Gasteiger partial charge in [-0.1, -0.05) is 26.0 Å². The third kappa shape index (κ3) is 3.47. The molecule has 1 aromatic carbocycles. The molecule has 120 valence electrons. The van der Waals surface area contributed by atoms with Crippen molar-refractivity contribution in [3.63, 3.8) is 0 Å². The maximum Gasteiger partial charge on any atom is 0.239 e. The van der Waals surface area contributed by atoms with E-state index in [2.05, 4.69) is 19.2 Å². The van der Waals surface area contributed by atoms with E-state index in [1.54, 1.807) is 4.90 Å². The molecule has 0 spiro atoms. The third-order valence-electron chi connectivity index (χ3n) is 4.14. The molecule has 1 fully saturated rings. The molecule has 0 saturated carbocycles. The normalized spacial score (nSPS) is 19.6. The first-order chi connectivity index (χ1) is 10.4. The lowest BCUT2D eigenvalue weighted by molar-refractivity contribution is -0.132. The van der Waals surface area contributed by atoms with Gasteiger partial charge in [0.05, 0.1) is 0 Å². The Labute approximate surface area is 131 Å². The zero-order valence-corrected chi connectivity index (χ0v) is 13.5. The lowest BCUT2D eigenvalue weighted by Gasteiger charge is -2.18. The lowest BCUT2D eigenvalue weighted by atomic mass is 10.0. The zero-order chi connectivity index (χ0) is 16.3. The van der Waals surface area contributed by atoms with Crippen LogP contribution in [0.3, 0.4) is 0 Å². The molecule has 2 rings (SSSR count). The molecule has 1 aliphatic heterocycles. The molecule has 1 saturated heterocycles. The fourth-order valence-corrected chi connectivity index (χ4v) is 2.62. The highest BCUT2D eigenvalue weighted by atomic mass is 16.2. The highest BCUT2D eigenvalue weighted by Crippen LogP contribution is 2.27. The largest absolute Gasteiger partial charge is 0.352 e. The van der Waals surface area contributed by atoms with E-state index in [-0.39, 0.29) is 17.9 Å². The van der Waals surface area contributed by atoms with Gasteiger partial charge in [0.15, 0.2) is 0 Å². The first-order valence-corrected chi connectivity index (χ1v) is 7.85. The summed E-state index contributed by atoms with van der Waals surface area (Å²) in [6.45, 7) is 7.05. The minimum Gasteiger partial charge on any atom is -0.352 e. The number of nitrogens with zero attached hydrogens (tertiary/aromatic N) is 1. The Morgan fingerprint density at radius 1 is 1.32 bits per heavy atom. The first kappa shape index (κ1) is 16.5. The Bertz CT molecular complexity index is 539. The first-order valence-electron chi connectivity index (χ1n) is 7.85. The smallest absolute Gasteiger partial charge is 0.239 e. The van der Waals surface area contributed by atoms with Gasteiger partial charge in [-0.05, 0) is 37.0 Å². The van der Waals surface area contributed by atoms with Crippen LogP contribution in [-0.2, 0) is 9.59 Å². The van der Waals surface area contributed by atoms with Crippen LogP contribution in [-0.4, -0.2) is 30.9 Å². The summed E-state index contributed by atoms with van der Waals surface area (Å²) in [5.41, 5.74) is 7.60. The standard InChI is InChI=1S/C17H25N3O2/c1-11(2)13-4-6-14(7-5-13)20-9-8-15(17(20)22)16(21)19-12(3)10-18/h4-7,11-12,15H,8-10,18H2,1-3H3,(H,19,21)/t12-,15?/m0/s1. The number of hydrogen-bond donors (Lipinski definition) is 2. The summed E-state index contributed by atoms with van der Waals surface area (Å²) in [6, 6.07) is 7.88. The Hall–Kier alpha value is -1.88. The summed E-state index contributed by atoms with van der Waals surface area (Å²) < 4.78 is 0. The van der Waals surface area contributed by atoms with E-state index in [1.165, 1.54) is 5.56 Å². The third-order valence-corrected chi connectivity index (χ3v) is 4.14. The Morgan fingerprint density at radius 3 is 2.50 bits per heavy atom. The van der Waals surface area contributed by atoms with E-state index < -0.39 is 5.92 Å². The van der Waals surface area contributed by atoms with Gasteiger partial charge in [0.1, 0.15) is 5.92 Å². The van der Waals surface area contributed by atoms with Gasteiger partial charge in [-0.2, -0.15) is 0 Å². The number of rotatable bonds is 5. The van der Waals surface area contributed by atoms with Crippen LogP contribution in [0.2, 0.25) is 0 Å². The van der Waals surface area contributed by atoms with Gasteiger partial charge in [-0.15, -0.1) is 0 Å². The van der Waals surface area contributed by atoms with Crippen LogP contribution < -0.4 is 16.0 Å². The number of amides is 2. The van der Waals surface area contributed by atoms with E-state index in [0.29, 0.717) is 25.4 Å². The van der Waals surface area contributed by atoms with Crippen molar-refractivity contribution in [2.75, 3.05) is 18.0 Å². The second-order valence-corrected chi connectivity index (χ2v) is 6.22. The molecule has 0 aliphatic carbocycles. The van der Waals surface area contributed by atoms with Crippen molar-refractivity contribution in [2.45, 2.75) is 39.2 Å². The van der Waals surface area contributed by atoms with Crippen molar-refractivity contribution in [1.82, 2.24) is 5.32 Å². The predicted octanol–water partition coefficient (Wildman–Crippen LogP) is 1.63. The molecule has 5 heteroatoms. The van der Waals surface area contributed by atoms with Crippen LogP contribution in [0.1, 0.15) is 38.7 Å². The Kier molecular flexibility index (Phi) is 5.19. The van der Waals surface area contributed by atoms with E-state index in [0.717, 1.165) is 5.69 Å². The molecular weight excluding hydrogens is 278 g/mol. The summed E-state index contributed by atoms with van der Waals surface area (Å²) >= 11 is 0. The van der Waals surface area contributed by atoms with Gasteiger partial charge in [0.2, 0.25) is 11.8 Å². The van der Waals surface area contributed by atoms with Crippen molar-refractivity contribution in [2.24, 2.45) is 11.7 Å². The van der Waals surface area contributed by atoms with Crippen LogP contribution in [0, 0.1) is 5.92 Å². The number of carbonyl (C=O) groups is 2. The molecule has 2 amide bonds. The number of nitrogens with two attached hydrogens (primary N) is 1. The molecule has 0 aromatic heterocycles. The van der Waals surface area contributed by atoms with Crippen LogP contribution in [0.15, 0.2) is 24.3 Å². The number of benzene rings is 1. The molecular formula is C17H25N3O2. The van der Waals surface area contributed by atoms with Crippen LogP contribution >= 0.6 is 0 Å². The molecule has 0 radical (unpaired) electrons. The van der Waals surface area contributed by atoms with Gasteiger partial charge in [-0.25, -0.2) is 0 Å². The SMILES string of the molecule is CC(C)c1ccc(N2CCC(C(=O)N[C@@H](C)CN)C2=O)cc1. The molecule has 0 bridgehead atoms. The van der Waals surface area contributed by atoms with Gasteiger partial charge in [0.25, 0.3) is 0 Å². The average Bonchev–Trinajstić information content (AvgIpc) is 2.88. The zero-order valence-electron chi connectivity index (χ0n) is 13.5. The van der Waals surface area contributed by atoms with Crippen LogP contribution in [0.4, 0.5) is 5.69 Å². The second-order valence-electron chi connectivity index (χ2n) is 6.22. The summed E-state index contributed by atoms with van der Waals surface area (Å²) in [5.74, 6) is -0.485. The Morgan fingerprint density at radius 2 is 1.95 bits per heavy atom. The van der Waals surface area contributed by atoms with Gasteiger partial charge >= 0.3 is 0 Å². The number of anilines is 1. The summed E-state index contributed by atoms with van der Waals surface area (Å²) in [6.07, 6.45) is 0.549. The van der Waals surface area contributed by atoms with Crippen molar-refractivity contribution >= 4 is 17.5 Å². The van der Waals surface area contributed by atoms with Crippen LogP contribution in [0.25, 0.3) is 0 Å². The fraction of sp³-hybridized carbons (Fsp3) is 0.529. The van der Waals surface area contributed by atoms with Gasteiger partial charge in [-0.3, -0.25) is 9.59 Å². The highest BCUT2D eigenvalue weighted by Gasteiger charge is 2.37. The summed E-state index contributed by atoms with van der Waals surface area (Å²) in [4.78, 5) is 26.3. The topological polar surface area (TPSA) is 75.4 Å². The van der Waals surface area contributed by atoms with Crippen molar-refractivity contribution in [1.29, 1.82) is 0 Å². The van der Waals surface area contributed by atoms with Crippen molar-refractivity contribution in [3.8, 4) is 0 Å². The molecule has 22 heavy (non-hydrogen) atoms. The summed E-state index contributed by atoms with van der Waals surface area (Å²) in [7, 11) is 0. The van der Waals surface area contributed by atoms with E-state index in [4.69, 9.17) is 5.73 Å². The predicted molar refractivity (Wildman–Crippen MR) is 87.7 cm³/mol. The molecule has 5 nitrogen and oxygen atoms in total. The van der Waals surface area contributed by atoms with Crippen LogP contribution in [0.5, 0.6) is 0 Å². The average molecular weight is 303 g/mol. The number of carbonyl (C=O) groups excluding carboxylic acids is 2. The summed E-state index contributed by atoms with van der Waals surface area (Å²) in [5, 5.41) is 2.79. The van der Waals surface area contributed by atoms with Crippen molar-refractivity contribution < 1.29 is 9.59 Å². The van der Waals surface area contributed by atoms with E-state index in [1.807, 2.05) is 31.2 Å². The molecule has 3 N–H and O–H groups in total. The highest BCUT2D eigenvalue weighted by molar-refractivity contribution is 6.09. The van der Waals surface area contributed by atoms with E-state index in [9.17, 15) is 9.59 Å². The quantitative estimate of drug-likeness (QED) is 0.812. The monoisotopic (exact) mass is 303 g/mol. The number of nitrogens with one attached hydrogen (secondary N) is 1. The lowest BCUT2D eigenvalue weighted by Crippen LogP contribution is -2.43. The molecule has 1 heterocycles. The minimum absolute atomic E-state index is 0.111. The van der Waals surface area contributed by atoms with Gasteiger partial charge in [0, 0.05) is 24.8 Å². The second kappa shape index (κ2) is 6.92. The number of hydrogen-bond acceptors (Lipinski definition) is 3. The fourth-order valence-electron chi connectivity index (χ4n) is 2.62. The van der Waals surface area contributed by atoms with E-state index >= 15 is 0 Å². The van der Waals surface area contributed by atoms with Crippen molar-refractivity contribution in [3.05, 3.63) is 29.8 Å². The van der Waals surface area contributed by atoms with Gasteiger partial charge < -0.3 is 16.0 Å². The maximum absolute atomic E-state index is 12.5. The molecule has 1 aliphatic rings.